The lowest BCUT2D eigenvalue weighted by molar-refractivity contribution is -0.124. The van der Waals surface area contributed by atoms with E-state index in [4.69, 9.17) is 0 Å². The zero-order chi connectivity index (χ0) is 19.0. The molecule has 1 N–H and O–H groups in total. The minimum atomic E-state index is -0.358. The van der Waals surface area contributed by atoms with Crippen molar-refractivity contribution in [1.82, 2.24) is 10.2 Å². The Morgan fingerprint density at radius 2 is 1.89 bits per heavy atom. The topological polar surface area (TPSA) is 44.7 Å². The van der Waals surface area contributed by atoms with Crippen LogP contribution in [0.15, 0.2) is 53.5 Å². The van der Waals surface area contributed by atoms with Crippen LogP contribution in [0.4, 0.5) is 0 Å². The van der Waals surface area contributed by atoms with E-state index >= 15 is 0 Å². The first-order valence-electron chi connectivity index (χ1n) is 10.5. The maximum Gasteiger partial charge on any atom is 0.231 e. The van der Waals surface area contributed by atoms with E-state index in [1.807, 2.05) is 12.3 Å². The predicted molar refractivity (Wildman–Crippen MR) is 112 cm³/mol. The Kier molecular flexibility index (Phi) is 4.52. The average Bonchev–Trinajstić information content (AvgIpc) is 3.14. The molecule has 2 heterocycles. The van der Waals surface area contributed by atoms with Crippen LogP contribution in [-0.2, 0) is 16.8 Å². The lowest BCUT2D eigenvalue weighted by Gasteiger charge is -2.27. The Labute approximate surface area is 166 Å². The van der Waals surface area contributed by atoms with Crippen LogP contribution in [0.1, 0.15) is 54.0 Å². The molecule has 0 unspecified atom stereocenters. The number of nitrogens with one attached hydrogen (secondary N) is 1. The summed E-state index contributed by atoms with van der Waals surface area (Å²) in [6.45, 7) is 3.92. The fraction of sp³-hybridized carbons (Fsp3) is 0.417. The molecule has 2 aromatic rings. The van der Waals surface area contributed by atoms with Gasteiger partial charge in [0.25, 0.3) is 0 Å². The van der Waals surface area contributed by atoms with Crippen molar-refractivity contribution in [2.24, 2.45) is 4.99 Å². The zero-order valence-corrected chi connectivity index (χ0v) is 16.2. The average molecular weight is 374 g/mol. The second-order valence-corrected chi connectivity index (χ2v) is 8.41. The van der Waals surface area contributed by atoms with Crippen molar-refractivity contribution in [2.75, 3.05) is 19.6 Å². The molecule has 5 rings (SSSR count). The molecule has 1 atom stereocenters. The Morgan fingerprint density at radius 3 is 2.64 bits per heavy atom. The fourth-order valence-corrected chi connectivity index (χ4v) is 4.61. The van der Waals surface area contributed by atoms with Crippen molar-refractivity contribution in [2.45, 2.75) is 43.7 Å². The maximum atomic E-state index is 13.4. The first-order chi connectivity index (χ1) is 13.7. The molecule has 1 aliphatic carbocycles. The number of carbonyl (C=O) groups excluding carboxylic acids is 1. The number of fused-ring (bicyclic) bond motifs is 1. The van der Waals surface area contributed by atoms with E-state index in [0.717, 1.165) is 44.6 Å². The molecule has 1 saturated heterocycles. The van der Waals surface area contributed by atoms with Gasteiger partial charge in [0.15, 0.2) is 0 Å². The van der Waals surface area contributed by atoms with Crippen LogP contribution in [-0.4, -0.2) is 36.7 Å². The van der Waals surface area contributed by atoms with Crippen LogP contribution in [0.25, 0.3) is 0 Å². The highest BCUT2D eigenvalue weighted by molar-refractivity contribution is 5.93. The van der Waals surface area contributed by atoms with Crippen LogP contribution in [0.3, 0.4) is 0 Å². The highest BCUT2D eigenvalue weighted by atomic mass is 16.2. The van der Waals surface area contributed by atoms with E-state index in [2.05, 4.69) is 57.7 Å². The summed E-state index contributed by atoms with van der Waals surface area (Å²) < 4.78 is 0. The van der Waals surface area contributed by atoms with Crippen molar-refractivity contribution in [1.29, 1.82) is 0 Å². The minimum Gasteiger partial charge on any atom is -0.347 e. The van der Waals surface area contributed by atoms with Gasteiger partial charge in [-0.3, -0.25) is 9.79 Å². The van der Waals surface area contributed by atoms with Crippen LogP contribution >= 0.6 is 0 Å². The van der Waals surface area contributed by atoms with Crippen molar-refractivity contribution in [3.63, 3.8) is 0 Å². The molecule has 1 amide bonds. The molecule has 4 nitrogen and oxygen atoms in total. The van der Waals surface area contributed by atoms with E-state index in [1.165, 1.54) is 29.5 Å². The van der Waals surface area contributed by atoms with E-state index in [9.17, 15) is 4.79 Å². The molecule has 0 radical (unpaired) electrons. The number of rotatable bonds is 6. The van der Waals surface area contributed by atoms with E-state index < -0.39 is 0 Å². The third-order valence-electron chi connectivity index (χ3n) is 6.52. The molecule has 2 fully saturated rings. The number of benzene rings is 2. The first-order valence-corrected chi connectivity index (χ1v) is 10.5. The molecule has 3 aliphatic rings. The van der Waals surface area contributed by atoms with Gasteiger partial charge < -0.3 is 10.2 Å². The molecule has 2 aliphatic heterocycles. The number of hydrogen-bond acceptors (Lipinski definition) is 3. The van der Waals surface area contributed by atoms with E-state index in [0.29, 0.717) is 0 Å². The van der Waals surface area contributed by atoms with Gasteiger partial charge in [0.2, 0.25) is 5.91 Å². The van der Waals surface area contributed by atoms with Gasteiger partial charge in [-0.25, -0.2) is 0 Å². The lowest BCUT2D eigenvalue weighted by Crippen LogP contribution is -2.41. The molecule has 0 spiro atoms. The van der Waals surface area contributed by atoms with Crippen LogP contribution in [0, 0.1) is 0 Å². The van der Waals surface area contributed by atoms with Crippen molar-refractivity contribution in [3.8, 4) is 0 Å². The Hall–Kier alpha value is -2.46. The highest BCUT2D eigenvalue weighted by Gasteiger charge is 2.51. The normalized spacial score (nSPS) is 20.7. The summed E-state index contributed by atoms with van der Waals surface area (Å²) in [4.78, 5) is 20.3. The fourth-order valence-electron chi connectivity index (χ4n) is 4.61. The maximum absolute atomic E-state index is 13.4. The highest BCUT2D eigenvalue weighted by Crippen LogP contribution is 2.49. The van der Waals surface area contributed by atoms with Crippen LogP contribution < -0.4 is 5.32 Å². The Morgan fingerprint density at radius 1 is 1.11 bits per heavy atom. The van der Waals surface area contributed by atoms with Gasteiger partial charge in [0, 0.05) is 12.8 Å². The largest absolute Gasteiger partial charge is 0.347 e. The molecule has 0 bridgehead atoms. The van der Waals surface area contributed by atoms with Gasteiger partial charge in [0.05, 0.1) is 18.0 Å². The summed E-state index contributed by atoms with van der Waals surface area (Å²) in [5, 5.41) is 3.41. The monoisotopic (exact) mass is 373 g/mol. The second kappa shape index (κ2) is 7.17. The van der Waals surface area contributed by atoms with Gasteiger partial charge in [-0.15, -0.1) is 0 Å². The van der Waals surface area contributed by atoms with Crippen LogP contribution in [0.5, 0.6) is 0 Å². The van der Waals surface area contributed by atoms with Gasteiger partial charge >= 0.3 is 0 Å². The summed E-state index contributed by atoms with van der Waals surface area (Å²) in [7, 11) is 0. The number of aliphatic imine (C=N–C) groups is 1. The van der Waals surface area contributed by atoms with Gasteiger partial charge in [0.1, 0.15) is 0 Å². The van der Waals surface area contributed by atoms with Gasteiger partial charge in [-0.1, -0.05) is 42.5 Å². The predicted octanol–water partition coefficient (Wildman–Crippen LogP) is 3.60. The van der Waals surface area contributed by atoms with Crippen molar-refractivity contribution in [3.05, 3.63) is 70.8 Å². The SMILES string of the molecule is O=C(N[C@H](CN1CCCC1)c1ccccc1)C1(c2ccc3c(c2)C=NC3)CC1. The number of hydrogen-bond donors (Lipinski definition) is 1. The molecule has 28 heavy (non-hydrogen) atoms. The molecule has 0 aromatic heterocycles. The summed E-state index contributed by atoms with van der Waals surface area (Å²) in [5.41, 5.74) is 4.41. The third kappa shape index (κ3) is 3.26. The van der Waals surface area contributed by atoms with Crippen molar-refractivity contribution >= 4 is 12.1 Å². The number of nitrogens with zero attached hydrogens (tertiary/aromatic N) is 2. The molecule has 1 saturated carbocycles. The molecular formula is C24H27N3O. The smallest absolute Gasteiger partial charge is 0.231 e. The zero-order valence-electron chi connectivity index (χ0n) is 16.2. The summed E-state index contributed by atoms with van der Waals surface area (Å²) in [6, 6.07) is 16.9. The summed E-state index contributed by atoms with van der Waals surface area (Å²) in [5.74, 6) is 0.176. The first kappa shape index (κ1) is 17.6. The molecule has 144 valence electrons. The Balaban J connectivity index is 1.37. The van der Waals surface area contributed by atoms with Crippen LogP contribution in [0.2, 0.25) is 0 Å². The number of amides is 1. The lowest BCUT2D eigenvalue weighted by atomic mass is 9.91. The Bertz CT molecular complexity index is 895. The van der Waals surface area contributed by atoms with Gasteiger partial charge in [-0.05, 0) is 67.1 Å². The quantitative estimate of drug-likeness (QED) is 0.841. The van der Waals surface area contributed by atoms with Gasteiger partial charge in [-0.2, -0.15) is 0 Å². The summed E-state index contributed by atoms with van der Waals surface area (Å²) in [6.07, 6.45) is 6.32. The molecular weight excluding hydrogens is 346 g/mol. The molecule has 2 aromatic carbocycles. The minimum absolute atomic E-state index is 0.0419. The standard InChI is InChI=1S/C24H27N3O/c28-23(24(10-11-24)21-9-8-19-15-25-16-20(19)14-21)26-22(17-27-12-4-5-13-27)18-6-2-1-3-7-18/h1-3,6-9,14,16,22H,4-5,10-13,15,17H2,(H,26,28)/t22-/m1/s1. The van der Waals surface area contributed by atoms with E-state index in [-0.39, 0.29) is 17.4 Å². The third-order valence-corrected chi connectivity index (χ3v) is 6.52. The molecule has 4 heteroatoms. The summed E-state index contributed by atoms with van der Waals surface area (Å²) >= 11 is 0. The number of carbonyl (C=O) groups is 1. The second-order valence-electron chi connectivity index (χ2n) is 8.41. The van der Waals surface area contributed by atoms with E-state index in [1.54, 1.807) is 0 Å². The van der Waals surface area contributed by atoms with Crippen molar-refractivity contribution < 1.29 is 4.79 Å². The number of likely N-dealkylation sites (tertiary alicyclic amines) is 1.